The van der Waals surface area contributed by atoms with Gasteiger partial charge in [0.2, 0.25) is 0 Å². The van der Waals surface area contributed by atoms with Crippen LogP contribution in [0.25, 0.3) is 0 Å². The maximum Gasteiger partial charge on any atom is 0.105 e. The molecule has 1 rings (SSSR count). The monoisotopic (exact) mass is 177 g/mol. The van der Waals surface area contributed by atoms with E-state index in [9.17, 15) is 4.39 Å². The summed E-state index contributed by atoms with van der Waals surface area (Å²) in [5.41, 5.74) is 1.49. The summed E-state index contributed by atoms with van der Waals surface area (Å²) in [7, 11) is 0. The van der Waals surface area contributed by atoms with Crippen molar-refractivity contribution in [2.24, 2.45) is 0 Å². The van der Waals surface area contributed by atoms with Crippen LogP contribution in [0.4, 0.5) is 4.39 Å². The molecule has 0 radical (unpaired) electrons. The lowest BCUT2D eigenvalue weighted by Crippen LogP contribution is -2.30. The molecule has 0 aromatic heterocycles. The van der Waals surface area contributed by atoms with Crippen molar-refractivity contribution in [2.75, 3.05) is 19.8 Å². The standard InChI is InChI=1S/C8H13ClFN/c9-4-2-6-11-5-1-3-8(11)7-10/h2,4,8H,1,3,5-7H2/b4-2+. The van der Waals surface area contributed by atoms with Crippen LogP contribution in [0.5, 0.6) is 0 Å². The lowest BCUT2D eigenvalue weighted by Gasteiger charge is -2.19. The Morgan fingerprint density at radius 3 is 3.09 bits per heavy atom. The number of alkyl halides is 1. The fraction of sp³-hybridized carbons (Fsp3) is 0.750. The van der Waals surface area contributed by atoms with Crippen molar-refractivity contribution >= 4 is 11.6 Å². The van der Waals surface area contributed by atoms with Crippen LogP contribution in [0.1, 0.15) is 12.8 Å². The molecule has 0 amide bonds. The second kappa shape index (κ2) is 4.73. The van der Waals surface area contributed by atoms with Gasteiger partial charge in [-0.15, -0.1) is 0 Å². The van der Waals surface area contributed by atoms with E-state index in [0.717, 1.165) is 25.9 Å². The van der Waals surface area contributed by atoms with Gasteiger partial charge in [-0.2, -0.15) is 0 Å². The fourth-order valence-corrected chi connectivity index (χ4v) is 1.57. The van der Waals surface area contributed by atoms with E-state index in [1.165, 1.54) is 5.54 Å². The van der Waals surface area contributed by atoms with Crippen molar-refractivity contribution in [3.8, 4) is 0 Å². The van der Waals surface area contributed by atoms with Gasteiger partial charge in [0.25, 0.3) is 0 Å². The smallest absolute Gasteiger partial charge is 0.105 e. The predicted molar refractivity (Wildman–Crippen MR) is 45.6 cm³/mol. The molecule has 0 N–H and O–H groups in total. The third-order valence-electron chi connectivity index (χ3n) is 2.11. The summed E-state index contributed by atoms with van der Waals surface area (Å²) < 4.78 is 12.3. The molecule has 1 aliphatic rings. The minimum absolute atomic E-state index is 0.142. The van der Waals surface area contributed by atoms with Gasteiger partial charge in [0, 0.05) is 18.1 Å². The maximum atomic E-state index is 12.3. The molecule has 0 bridgehead atoms. The zero-order valence-electron chi connectivity index (χ0n) is 6.47. The first-order valence-corrected chi connectivity index (χ1v) is 4.37. The quantitative estimate of drug-likeness (QED) is 0.639. The van der Waals surface area contributed by atoms with Crippen molar-refractivity contribution in [1.82, 2.24) is 4.90 Å². The number of nitrogens with zero attached hydrogens (tertiary/aromatic N) is 1. The summed E-state index contributed by atoms with van der Waals surface area (Å²) >= 11 is 5.37. The van der Waals surface area contributed by atoms with Crippen LogP contribution in [0.15, 0.2) is 11.6 Å². The molecule has 0 spiro atoms. The topological polar surface area (TPSA) is 3.24 Å². The van der Waals surface area contributed by atoms with Crippen molar-refractivity contribution in [3.05, 3.63) is 11.6 Å². The Hall–Kier alpha value is -0.0800. The molecular weight excluding hydrogens is 165 g/mol. The normalized spacial score (nSPS) is 26.9. The molecule has 1 atom stereocenters. The fourth-order valence-electron chi connectivity index (χ4n) is 1.49. The largest absolute Gasteiger partial charge is 0.294 e. The molecule has 1 nitrogen and oxygen atoms in total. The number of hydrogen-bond acceptors (Lipinski definition) is 1. The molecule has 1 fully saturated rings. The summed E-state index contributed by atoms with van der Waals surface area (Å²) in [6.45, 7) is 1.57. The number of halogens is 2. The maximum absolute atomic E-state index is 12.3. The highest BCUT2D eigenvalue weighted by Gasteiger charge is 2.22. The van der Waals surface area contributed by atoms with Crippen LogP contribution in [-0.2, 0) is 0 Å². The molecule has 0 aromatic rings. The van der Waals surface area contributed by atoms with Crippen LogP contribution >= 0.6 is 11.6 Å². The highest BCUT2D eigenvalue weighted by atomic mass is 35.5. The molecule has 1 heterocycles. The minimum atomic E-state index is -0.226. The molecule has 0 aromatic carbocycles. The van der Waals surface area contributed by atoms with E-state index in [4.69, 9.17) is 11.6 Å². The Bertz CT molecular complexity index is 138. The Morgan fingerprint density at radius 2 is 2.45 bits per heavy atom. The average Bonchev–Trinajstić information content (AvgIpc) is 2.47. The van der Waals surface area contributed by atoms with E-state index < -0.39 is 0 Å². The lowest BCUT2D eigenvalue weighted by molar-refractivity contribution is 0.234. The molecule has 3 heteroatoms. The number of rotatable bonds is 3. The molecule has 64 valence electrons. The SMILES string of the molecule is FCC1CCCN1C/C=C/Cl. The van der Waals surface area contributed by atoms with Gasteiger partial charge in [0.05, 0.1) is 0 Å². The molecule has 1 saturated heterocycles. The zero-order valence-corrected chi connectivity index (χ0v) is 7.23. The predicted octanol–water partition coefficient (Wildman–Crippen LogP) is 2.17. The van der Waals surface area contributed by atoms with E-state index in [2.05, 4.69) is 4.90 Å². The molecular formula is C8H13ClFN. The molecule has 1 aliphatic heterocycles. The summed E-state index contributed by atoms with van der Waals surface area (Å²) in [5.74, 6) is 0. The van der Waals surface area contributed by atoms with Gasteiger partial charge in [-0.05, 0) is 19.4 Å². The summed E-state index contributed by atoms with van der Waals surface area (Å²) in [6, 6.07) is 0.142. The third kappa shape index (κ3) is 2.46. The van der Waals surface area contributed by atoms with Gasteiger partial charge >= 0.3 is 0 Å². The second-order valence-corrected chi connectivity index (χ2v) is 3.06. The molecule has 1 unspecified atom stereocenters. The van der Waals surface area contributed by atoms with Crippen LogP contribution in [0.3, 0.4) is 0 Å². The minimum Gasteiger partial charge on any atom is -0.294 e. The highest BCUT2D eigenvalue weighted by molar-refractivity contribution is 6.25. The average molecular weight is 178 g/mol. The molecule has 0 aliphatic carbocycles. The van der Waals surface area contributed by atoms with E-state index in [1.807, 2.05) is 6.08 Å². The van der Waals surface area contributed by atoms with E-state index in [-0.39, 0.29) is 12.7 Å². The van der Waals surface area contributed by atoms with Gasteiger partial charge in [-0.1, -0.05) is 17.7 Å². The Kier molecular flexibility index (Phi) is 3.87. The summed E-state index contributed by atoms with van der Waals surface area (Å²) in [4.78, 5) is 2.12. The molecule has 11 heavy (non-hydrogen) atoms. The first-order valence-electron chi connectivity index (χ1n) is 3.93. The van der Waals surface area contributed by atoms with Crippen molar-refractivity contribution in [3.63, 3.8) is 0 Å². The Morgan fingerprint density at radius 1 is 1.64 bits per heavy atom. The Labute approximate surface area is 71.8 Å². The number of hydrogen-bond donors (Lipinski definition) is 0. The van der Waals surface area contributed by atoms with E-state index in [1.54, 1.807) is 0 Å². The van der Waals surface area contributed by atoms with E-state index >= 15 is 0 Å². The van der Waals surface area contributed by atoms with Crippen molar-refractivity contribution in [2.45, 2.75) is 18.9 Å². The first-order chi connectivity index (χ1) is 5.38. The summed E-state index contributed by atoms with van der Waals surface area (Å²) in [6.07, 6.45) is 3.97. The van der Waals surface area contributed by atoms with Gasteiger partial charge in [-0.3, -0.25) is 4.90 Å². The van der Waals surface area contributed by atoms with Crippen LogP contribution in [-0.4, -0.2) is 30.7 Å². The van der Waals surface area contributed by atoms with E-state index in [0.29, 0.717) is 0 Å². The molecule has 0 saturated carbocycles. The summed E-state index contributed by atoms with van der Waals surface area (Å²) in [5, 5.41) is 0. The highest BCUT2D eigenvalue weighted by Crippen LogP contribution is 2.16. The zero-order chi connectivity index (χ0) is 8.10. The van der Waals surface area contributed by atoms with Crippen molar-refractivity contribution < 1.29 is 4.39 Å². The van der Waals surface area contributed by atoms with Gasteiger partial charge in [0.1, 0.15) is 6.67 Å². The van der Waals surface area contributed by atoms with Gasteiger partial charge < -0.3 is 0 Å². The third-order valence-corrected chi connectivity index (χ3v) is 2.28. The number of likely N-dealkylation sites (tertiary alicyclic amines) is 1. The van der Waals surface area contributed by atoms with Crippen LogP contribution < -0.4 is 0 Å². The first kappa shape index (κ1) is 9.01. The van der Waals surface area contributed by atoms with Crippen LogP contribution in [0.2, 0.25) is 0 Å². The lowest BCUT2D eigenvalue weighted by atomic mass is 10.2. The van der Waals surface area contributed by atoms with Gasteiger partial charge in [0.15, 0.2) is 0 Å². The van der Waals surface area contributed by atoms with Crippen LogP contribution in [0, 0.1) is 0 Å². The van der Waals surface area contributed by atoms with Crippen molar-refractivity contribution in [1.29, 1.82) is 0 Å². The second-order valence-electron chi connectivity index (χ2n) is 2.81. The Balaban J connectivity index is 2.31. The van der Waals surface area contributed by atoms with Gasteiger partial charge in [-0.25, -0.2) is 4.39 Å².